The van der Waals surface area contributed by atoms with Crippen molar-refractivity contribution in [3.63, 3.8) is 0 Å². The first-order chi connectivity index (χ1) is 10.2. The number of nitrogens with one attached hydrogen (secondary N) is 1. The maximum Gasteiger partial charge on any atom is 0.263 e. The number of carbonyl (C=O) groups excluding carboxylic acids is 1. The van der Waals surface area contributed by atoms with Gasteiger partial charge in [0.1, 0.15) is 10.4 Å². The van der Waals surface area contributed by atoms with Crippen LogP contribution in [0.1, 0.15) is 20.8 Å². The average Bonchev–Trinajstić information content (AvgIpc) is 2.84. The van der Waals surface area contributed by atoms with E-state index >= 15 is 0 Å². The van der Waals surface area contributed by atoms with Gasteiger partial charge in [0, 0.05) is 12.7 Å². The molecule has 0 bridgehead atoms. The summed E-state index contributed by atoms with van der Waals surface area (Å²) >= 11 is 1.37. The van der Waals surface area contributed by atoms with Gasteiger partial charge in [-0.25, -0.2) is 0 Å². The molecule has 0 fully saturated rings. The van der Waals surface area contributed by atoms with Crippen LogP contribution in [0, 0.1) is 6.92 Å². The zero-order chi connectivity index (χ0) is 14.8. The van der Waals surface area contributed by atoms with Crippen LogP contribution in [-0.4, -0.2) is 10.9 Å². The molecule has 0 unspecified atom stereocenters. The molecule has 0 atom stereocenters. The SMILES string of the molecule is Cc1ccccc1CNC(=O)c1sc2cccnc2c1N. The third-order valence-electron chi connectivity index (χ3n) is 3.39. The fourth-order valence-corrected chi connectivity index (χ4v) is 3.18. The molecule has 2 heterocycles. The number of pyridine rings is 1. The first-order valence-corrected chi connectivity index (χ1v) is 7.44. The number of benzene rings is 1. The van der Waals surface area contributed by atoms with E-state index in [1.54, 1.807) is 6.20 Å². The normalized spacial score (nSPS) is 10.7. The molecule has 3 rings (SSSR count). The van der Waals surface area contributed by atoms with Gasteiger partial charge in [0.05, 0.1) is 10.4 Å². The number of amides is 1. The van der Waals surface area contributed by atoms with Gasteiger partial charge in [-0.15, -0.1) is 11.3 Å². The Morgan fingerprint density at radius 3 is 2.86 bits per heavy atom. The third-order valence-corrected chi connectivity index (χ3v) is 4.55. The van der Waals surface area contributed by atoms with Crippen molar-refractivity contribution >= 4 is 33.1 Å². The molecule has 0 saturated carbocycles. The van der Waals surface area contributed by atoms with Gasteiger partial charge >= 0.3 is 0 Å². The maximum absolute atomic E-state index is 12.3. The van der Waals surface area contributed by atoms with Crippen LogP contribution in [0.25, 0.3) is 10.2 Å². The summed E-state index contributed by atoms with van der Waals surface area (Å²) in [6, 6.07) is 11.7. The van der Waals surface area contributed by atoms with Gasteiger partial charge in [0.25, 0.3) is 5.91 Å². The molecular weight excluding hydrogens is 282 g/mol. The van der Waals surface area contributed by atoms with Crippen molar-refractivity contribution in [2.75, 3.05) is 5.73 Å². The number of anilines is 1. The van der Waals surface area contributed by atoms with Gasteiger partial charge in [-0.2, -0.15) is 0 Å². The number of aryl methyl sites for hydroxylation is 1. The third kappa shape index (κ3) is 2.60. The van der Waals surface area contributed by atoms with Crippen molar-refractivity contribution in [1.29, 1.82) is 0 Å². The highest BCUT2D eigenvalue weighted by molar-refractivity contribution is 7.21. The van der Waals surface area contributed by atoms with Crippen molar-refractivity contribution < 1.29 is 4.79 Å². The zero-order valence-corrected chi connectivity index (χ0v) is 12.4. The predicted octanol–water partition coefficient (Wildman–Crippen LogP) is 3.12. The molecule has 0 radical (unpaired) electrons. The van der Waals surface area contributed by atoms with Gasteiger partial charge < -0.3 is 11.1 Å². The first-order valence-electron chi connectivity index (χ1n) is 6.62. The molecule has 3 aromatic rings. The van der Waals surface area contributed by atoms with Crippen LogP contribution in [0.15, 0.2) is 42.6 Å². The van der Waals surface area contributed by atoms with Gasteiger partial charge in [0.15, 0.2) is 0 Å². The number of nitrogens with two attached hydrogens (primary N) is 1. The summed E-state index contributed by atoms with van der Waals surface area (Å²) in [7, 11) is 0. The average molecular weight is 297 g/mol. The molecule has 0 aliphatic heterocycles. The molecule has 5 heteroatoms. The fraction of sp³-hybridized carbons (Fsp3) is 0.125. The standard InChI is InChI=1S/C16H15N3OS/c1-10-5-2-3-6-11(10)9-19-16(20)15-13(17)14-12(21-15)7-4-8-18-14/h2-8H,9,17H2,1H3,(H,19,20). The van der Waals surface area contributed by atoms with Gasteiger partial charge in [-0.05, 0) is 30.2 Å². The number of carbonyl (C=O) groups is 1. The Morgan fingerprint density at radius 2 is 2.10 bits per heavy atom. The fourth-order valence-electron chi connectivity index (χ4n) is 2.18. The summed E-state index contributed by atoms with van der Waals surface area (Å²) in [6.07, 6.45) is 1.68. The molecule has 0 aliphatic rings. The van der Waals surface area contributed by atoms with Crippen LogP contribution >= 0.6 is 11.3 Å². The largest absolute Gasteiger partial charge is 0.396 e. The summed E-state index contributed by atoms with van der Waals surface area (Å²) in [5.74, 6) is -0.154. The van der Waals surface area contributed by atoms with Crippen LogP contribution in [0.4, 0.5) is 5.69 Å². The van der Waals surface area contributed by atoms with Crippen molar-refractivity contribution in [2.24, 2.45) is 0 Å². The number of fused-ring (bicyclic) bond motifs is 1. The van der Waals surface area contributed by atoms with Crippen LogP contribution in [-0.2, 0) is 6.54 Å². The van der Waals surface area contributed by atoms with Gasteiger partial charge in [-0.1, -0.05) is 24.3 Å². The molecule has 1 aromatic carbocycles. The number of hydrogen-bond donors (Lipinski definition) is 2. The van der Waals surface area contributed by atoms with Crippen LogP contribution in [0.3, 0.4) is 0 Å². The van der Waals surface area contributed by atoms with E-state index in [2.05, 4.69) is 10.3 Å². The second kappa shape index (κ2) is 5.54. The number of nitrogen functional groups attached to an aromatic ring is 1. The van der Waals surface area contributed by atoms with E-state index in [0.29, 0.717) is 22.6 Å². The summed E-state index contributed by atoms with van der Waals surface area (Å²) < 4.78 is 0.927. The van der Waals surface area contributed by atoms with E-state index in [-0.39, 0.29) is 5.91 Å². The Bertz CT molecular complexity index is 810. The number of hydrogen-bond acceptors (Lipinski definition) is 4. The van der Waals surface area contributed by atoms with Crippen molar-refractivity contribution in [3.05, 3.63) is 58.6 Å². The van der Waals surface area contributed by atoms with E-state index in [0.717, 1.165) is 15.8 Å². The van der Waals surface area contributed by atoms with Crippen molar-refractivity contribution in [2.45, 2.75) is 13.5 Å². The van der Waals surface area contributed by atoms with Gasteiger partial charge in [0.2, 0.25) is 0 Å². The Kier molecular flexibility index (Phi) is 3.58. The van der Waals surface area contributed by atoms with E-state index in [1.807, 2.05) is 43.3 Å². The second-order valence-electron chi connectivity index (χ2n) is 4.80. The summed E-state index contributed by atoms with van der Waals surface area (Å²) in [4.78, 5) is 17.1. The molecule has 106 valence electrons. The second-order valence-corrected chi connectivity index (χ2v) is 5.86. The van der Waals surface area contributed by atoms with E-state index in [9.17, 15) is 4.79 Å². The molecule has 3 N–H and O–H groups in total. The quantitative estimate of drug-likeness (QED) is 0.780. The number of rotatable bonds is 3. The van der Waals surface area contributed by atoms with Crippen LogP contribution in [0.5, 0.6) is 0 Å². The maximum atomic E-state index is 12.3. The minimum Gasteiger partial charge on any atom is -0.396 e. The highest BCUT2D eigenvalue weighted by Crippen LogP contribution is 2.31. The zero-order valence-electron chi connectivity index (χ0n) is 11.6. The summed E-state index contributed by atoms with van der Waals surface area (Å²) in [5, 5.41) is 2.92. The predicted molar refractivity (Wildman–Crippen MR) is 86.4 cm³/mol. The van der Waals surface area contributed by atoms with E-state index < -0.39 is 0 Å². The Balaban J connectivity index is 1.81. The first kappa shape index (κ1) is 13.6. The lowest BCUT2D eigenvalue weighted by atomic mass is 10.1. The van der Waals surface area contributed by atoms with E-state index in [1.165, 1.54) is 11.3 Å². The van der Waals surface area contributed by atoms with Crippen LogP contribution in [0.2, 0.25) is 0 Å². The minimum atomic E-state index is -0.154. The Hall–Kier alpha value is -2.40. The number of thiophene rings is 1. The highest BCUT2D eigenvalue weighted by atomic mass is 32.1. The molecule has 2 aromatic heterocycles. The Morgan fingerprint density at radius 1 is 1.29 bits per heavy atom. The minimum absolute atomic E-state index is 0.154. The Labute approximate surface area is 126 Å². The van der Waals surface area contributed by atoms with E-state index in [4.69, 9.17) is 5.73 Å². The summed E-state index contributed by atoms with van der Waals surface area (Å²) in [6.45, 7) is 2.52. The number of aromatic nitrogens is 1. The molecule has 21 heavy (non-hydrogen) atoms. The summed E-state index contributed by atoms with van der Waals surface area (Å²) in [5.41, 5.74) is 9.44. The van der Waals surface area contributed by atoms with Crippen LogP contribution < -0.4 is 11.1 Å². The lowest BCUT2D eigenvalue weighted by Gasteiger charge is -2.07. The lowest BCUT2D eigenvalue weighted by Crippen LogP contribution is -2.23. The molecular formula is C16H15N3OS. The number of nitrogens with zero attached hydrogens (tertiary/aromatic N) is 1. The molecule has 1 amide bonds. The molecule has 0 spiro atoms. The lowest BCUT2D eigenvalue weighted by molar-refractivity contribution is 0.0956. The molecule has 4 nitrogen and oxygen atoms in total. The van der Waals surface area contributed by atoms with Crippen molar-refractivity contribution in [1.82, 2.24) is 10.3 Å². The monoisotopic (exact) mass is 297 g/mol. The smallest absolute Gasteiger partial charge is 0.263 e. The highest BCUT2D eigenvalue weighted by Gasteiger charge is 2.16. The topological polar surface area (TPSA) is 68.0 Å². The molecule has 0 saturated heterocycles. The van der Waals surface area contributed by atoms with Crippen molar-refractivity contribution in [3.8, 4) is 0 Å². The molecule has 0 aliphatic carbocycles. The van der Waals surface area contributed by atoms with Gasteiger partial charge in [-0.3, -0.25) is 9.78 Å².